The summed E-state index contributed by atoms with van der Waals surface area (Å²) in [6, 6.07) is 0.709. The van der Waals surface area contributed by atoms with Crippen molar-refractivity contribution in [2.45, 2.75) is 58.4 Å². The summed E-state index contributed by atoms with van der Waals surface area (Å²) in [5, 5.41) is 3.35. The van der Waals surface area contributed by atoms with E-state index in [4.69, 9.17) is 0 Å². The summed E-state index contributed by atoms with van der Waals surface area (Å²) in [6.07, 6.45) is 9.97. The number of nitrogens with zero attached hydrogens (tertiary/aromatic N) is 3. The molecule has 2 atom stereocenters. The second-order valence-electron chi connectivity index (χ2n) is 6.15. The van der Waals surface area contributed by atoms with E-state index in [1.54, 1.807) is 6.33 Å². The molecule has 4 nitrogen and oxygen atoms in total. The summed E-state index contributed by atoms with van der Waals surface area (Å²) < 4.78 is 0. The molecule has 1 saturated heterocycles. The van der Waals surface area contributed by atoms with Gasteiger partial charge >= 0.3 is 0 Å². The van der Waals surface area contributed by atoms with E-state index in [1.807, 2.05) is 0 Å². The molecule has 4 heteroatoms. The smallest absolute Gasteiger partial charge is 0.137 e. The summed E-state index contributed by atoms with van der Waals surface area (Å²) in [5.74, 6) is 3.04. The standard InChI is InChI=1S/C16H26N4/c1-3-17-15-12(2)16(19-11-18-15)20-10-6-8-13-7-4-5-9-14(13)20/h11,13-14H,3-10H2,1-2H3,(H,17,18,19)/t13-,14-/m1/s1. The number of hydrogen-bond donors (Lipinski definition) is 1. The van der Waals surface area contributed by atoms with Crippen LogP contribution in [0.4, 0.5) is 11.6 Å². The first kappa shape index (κ1) is 13.7. The second kappa shape index (κ2) is 5.98. The van der Waals surface area contributed by atoms with Gasteiger partial charge in [0.2, 0.25) is 0 Å². The van der Waals surface area contributed by atoms with Crippen molar-refractivity contribution in [1.82, 2.24) is 9.97 Å². The third kappa shape index (κ3) is 2.48. The molecule has 1 saturated carbocycles. The molecule has 0 bridgehead atoms. The summed E-state index contributed by atoms with van der Waals surface area (Å²) in [6.45, 7) is 6.33. The van der Waals surface area contributed by atoms with Crippen LogP contribution in [0.2, 0.25) is 0 Å². The van der Waals surface area contributed by atoms with Gasteiger partial charge < -0.3 is 10.2 Å². The summed E-state index contributed by atoms with van der Waals surface area (Å²) in [5.41, 5.74) is 1.21. The zero-order chi connectivity index (χ0) is 13.9. The molecule has 2 aliphatic rings. The topological polar surface area (TPSA) is 41.1 Å². The van der Waals surface area contributed by atoms with Crippen LogP contribution in [0.25, 0.3) is 0 Å². The number of fused-ring (bicyclic) bond motifs is 1. The van der Waals surface area contributed by atoms with E-state index < -0.39 is 0 Å². The van der Waals surface area contributed by atoms with Gasteiger partial charge in [-0.15, -0.1) is 0 Å². The molecule has 3 rings (SSSR count). The zero-order valence-corrected chi connectivity index (χ0v) is 12.7. The highest BCUT2D eigenvalue weighted by atomic mass is 15.2. The van der Waals surface area contributed by atoms with Crippen LogP contribution in [-0.2, 0) is 0 Å². The van der Waals surface area contributed by atoms with E-state index >= 15 is 0 Å². The van der Waals surface area contributed by atoms with Gasteiger partial charge in [0.15, 0.2) is 0 Å². The van der Waals surface area contributed by atoms with Crippen molar-refractivity contribution in [3.05, 3.63) is 11.9 Å². The summed E-state index contributed by atoms with van der Waals surface area (Å²) >= 11 is 0. The Balaban J connectivity index is 1.89. The average molecular weight is 274 g/mol. The first-order valence-electron chi connectivity index (χ1n) is 8.13. The molecule has 0 unspecified atom stereocenters. The quantitative estimate of drug-likeness (QED) is 0.917. The van der Waals surface area contributed by atoms with Crippen molar-refractivity contribution in [2.24, 2.45) is 5.92 Å². The van der Waals surface area contributed by atoms with Crippen molar-refractivity contribution in [3.8, 4) is 0 Å². The minimum atomic E-state index is 0.709. The van der Waals surface area contributed by atoms with Gasteiger partial charge in [0.05, 0.1) is 0 Å². The Morgan fingerprint density at radius 2 is 2.00 bits per heavy atom. The van der Waals surface area contributed by atoms with Gasteiger partial charge in [0.25, 0.3) is 0 Å². The molecular formula is C16H26N4. The molecule has 1 aromatic rings. The Morgan fingerprint density at radius 3 is 2.85 bits per heavy atom. The molecule has 1 aliphatic carbocycles. The number of hydrogen-bond acceptors (Lipinski definition) is 4. The van der Waals surface area contributed by atoms with Crippen molar-refractivity contribution in [2.75, 3.05) is 23.3 Å². The minimum Gasteiger partial charge on any atom is -0.370 e. The molecule has 1 aromatic heterocycles. The van der Waals surface area contributed by atoms with Crippen LogP contribution in [0.3, 0.4) is 0 Å². The van der Waals surface area contributed by atoms with Crippen LogP contribution in [-0.4, -0.2) is 29.1 Å². The highest BCUT2D eigenvalue weighted by molar-refractivity contribution is 5.58. The third-order valence-corrected chi connectivity index (χ3v) is 4.92. The average Bonchev–Trinajstić information content (AvgIpc) is 2.49. The fourth-order valence-corrected chi connectivity index (χ4v) is 3.96. The molecule has 1 N–H and O–H groups in total. The van der Waals surface area contributed by atoms with Gasteiger partial charge in [0.1, 0.15) is 18.0 Å². The number of aromatic nitrogens is 2. The molecule has 2 heterocycles. The first-order chi connectivity index (χ1) is 9.81. The van der Waals surface area contributed by atoms with Crippen molar-refractivity contribution in [3.63, 3.8) is 0 Å². The largest absolute Gasteiger partial charge is 0.370 e. The van der Waals surface area contributed by atoms with Crippen LogP contribution < -0.4 is 10.2 Å². The van der Waals surface area contributed by atoms with Crippen molar-refractivity contribution >= 4 is 11.6 Å². The van der Waals surface area contributed by atoms with E-state index in [0.29, 0.717) is 6.04 Å². The molecule has 1 aliphatic heterocycles. The Labute approximate surface area is 122 Å². The normalized spacial score (nSPS) is 26.2. The maximum absolute atomic E-state index is 4.61. The molecule has 110 valence electrons. The van der Waals surface area contributed by atoms with E-state index in [-0.39, 0.29) is 0 Å². The fourth-order valence-electron chi connectivity index (χ4n) is 3.96. The van der Waals surface area contributed by atoms with Gasteiger partial charge in [-0.25, -0.2) is 9.97 Å². The van der Waals surface area contributed by atoms with Gasteiger partial charge in [-0.05, 0) is 45.4 Å². The van der Waals surface area contributed by atoms with Gasteiger partial charge in [-0.2, -0.15) is 0 Å². The lowest BCUT2D eigenvalue weighted by Crippen LogP contribution is -2.47. The Kier molecular flexibility index (Phi) is 4.08. The second-order valence-corrected chi connectivity index (χ2v) is 6.15. The van der Waals surface area contributed by atoms with E-state index in [1.165, 1.54) is 44.1 Å². The zero-order valence-electron chi connectivity index (χ0n) is 12.7. The highest BCUT2D eigenvalue weighted by Crippen LogP contribution is 2.38. The van der Waals surface area contributed by atoms with E-state index in [2.05, 4.69) is 34.0 Å². The van der Waals surface area contributed by atoms with Gasteiger partial charge in [-0.1, -0.05) is 12.8 Å². The van der Waals surface area contributed by atoms with Gasteiger partial charge in [0, 0.05) is 24.7 Å². The lowest BCUT2D eigenvalue weighted by atomic mass is 9.78. The van der Waals surface area contributed by atoms with Gasteiger partial charge in [-0.3, -0.25) is 0 Å². The molecule has 20 heavy (non-hydrogen) atoms. The lowest BCUT2D eigenvalue weighted by Gasteiger charge is -2.45. The lowest BCUT2D eigenvalue weighted by molar-refractivity contribution is 0.242. The maximum Gasteiger partial charge on any atom is 0.137 e. The number of rotatable bonds is 3. The highest BCUT2D eigenvalue weighted by Gasteiger charge is 2.34. The number of anilines is 2. The molecule has 0 amide bonds. The Hall–Kier alpha value is -1.32. The van der Waals surface area contributed by atoms with Crippen LogP contribution in [0.1, 0.15) is 51.0 Å². The van der Waals surface area contributed by atoms with Crippen LogP contribution in [0, 0.1) is 12.8 Å². The van der Waals surface area contributed by atoms with Crippen molar-refractivity contribution in [1.29, 1.82) is 0 Å². The number of nitrogens with one attached hydrogen (secondary N) is 1. The Bertz CT molecular complexity index is 458. The maximum atomic E-state index is 4.61. The van der Waals surface area contributed by atoms with E-state index in [0.717, 1.165) is 30.6 Å². The van der Waals surface area contributed by atoms with Crippen LogP contribution in [0.15, 0.2) is 6.33 Å². The van der Waals surface area contributed by atoms with Crippen molar-refractivity contribution < 1.29 is 0 Å². The Morgan fingerprint density at radius 1 is 1.20 bits per heavy atom. The predicted molar refractivity (Wildman–Crippen MR) is 83.3 cm³/mol. The molecule has 2 fully saturated rings. The van der Waals surface area contributed by atoms with Crippen LogP contribution >= 0.6 is 0 Å². The number of piperidine rings is 1. The first-order valence-corrected chi connectivity index (χ1v) is 8.13. The fraction of sp³-hybridized carbons (Fsp3) is 0.750. The molecule has 0 spiro atoms. The minimum absolute atomic E-state index is 0.709. The molecule has 0 radical (unpaired) electrons. The molecular weight excluding hydrogens is 248 g/mol. The SMILES string of the molecule is CCNc1ncnc(N2CCC[C@H]3CCCC[C@H]32)c1C. The predicted octanol–water partition coefficient (Wildman–Crippen LogP) is 3.38. The third-order valence-electron chi connectivity index (χ3n) is 4.92. The summed E-state index contributed by atoms with van der Waals surface area (Å²) in [7, 11) is 0. The monoisotopic (exact) mass is 274 g/mol. The summed E-state index contributed by atoms with van der Waals surface area (Å²) in [4.78, 5) is 11.6. The molecule has 0 aromatic carbocycles. The van der Waals surface area contributed by atoms with Crippen LogP contribution in [0.5, 0.6) is 0 Å². The van der Waals surface area contributed by atoms with E-state index in [9.17, 15) is 0 Å².